The van der Waals surface area contributed by atoms with E-state index in [1.54, 1.807) is 27.3 Å². The maximum absolute atomic E-state index is 12.6. The molecule has 0 atom stereocenters. The zero-order valence-electron chi connectivity index (χ0n) is 17.0. The number of aryl methyl sites for hydroxylation is 3. The first-order valence-electron chi connectivity index (χ1n) is 9.00. The van der Waals surface area contributed by atoms with E-state index in [4.69, 9.17) is 10.5 Å². The van der Waals surface area contributed by atoms with Gasteiger partial charge in [-0.1, -0.05) is 0 Å². The van der Waals surface area contributed by atoms with E-state index in [-0.39, 0.29) is 22.7 Å². The van der Waals surface area contributed by atoms with Gasteiger partial charge in [-0.25, -0.2) is 4.79 Å². The molecule has 0 fully saturated rings. The number of anilines is 2. The summed E-state index contributed by atoms with van der Waals surface area (Å²) in [6.45, 7) is 0. The first-order valence-corrected chi connectivity index (χ1v) is 9.00. The van der Waals surface area contributed by atoms with Crippen molar-refractivity contribution in [2.24, 2.45) is 21.1 Å². The van der Waals surface area contributed by atoms with Crippen LogP contribution in [-0.2, 0) is 25.8 Å². The molecule has 0 bridgehead atoms. The Morgan fingerprint density at radius 3 is 1.77 bits per heavy atom. The minimum absolute atomic E-state index is 0.0275. The van der Waals surface area contributed by atoms with Crippen LogP contribution in [0.4, 0.5) is 11.4 Å². The molecule has 12 heteroatoms. The second-order valence-corrected chi connectivity index (χ2v) is 6.92. The minimum Gasteiger partial charge on any atom is -0.477 e. The zero-order chi connectivity index (χ0) is 22.9. The summed E-state index contributed by atoms with van der Waals surface area (Å²) in [4.78, 5) is 36.3. The summed E-state index contributed by atoms with van der Waals surface area (Å²) in [5.74, 6) is -2.07. The largest absolute Gasteiger partial charge is 0.477 e. The summed E-state index contributed by atoms with van der Waals surface area (Å²) in [5.41, 5.74) is 1.28. The number of carboxylic acids is 1. The van der Waals surface area contributed by atoms with Gasteiger partial charge in [-0.15, -0.1) is 0 Å². The molecule has 11 nitrogen and oxygen atoms in total. The van der Waals surface area contributed by atoms with Gasteiger partial charge in [0, 0.05) is 13.2 Å². The van der Waals surface area contributed by atoms with Crippen LogP contribution in [0.5, 0.6) is 0 Å². The van der Waals surface area contributed by atoms with Gasteiger partial charge in [0.05, 0.1) is 0 Å². The number of rotatable bonds is 7. The van der Waals surface area contributed by atoms with Gasteiger partial charge in [-0.2, -0.15) is 0 Å². The van der Waals surface area contributed by atoms with Gasteiger partial charge in [-0.05, 0) is 6.07 Å². The van der Waals surface area contributed by atoms with Crippen LogP contribution in [0.25, 0.3) is 0 Å². The Kier molecular flexibility index (Phi) is 5.73. The third kappa shape index (κ3) is 4.37. The van der Waals surface area contributed by atoms with Gasteiger partial charge in [0.15, 0.2) is 0 Å². The molecule has 3 aromatic rings. The fourth-order valence-corrected chi connectivity index (χ4v) is 3.10. The molecule has 0 radical (unpaired) electrons. The molecule has 3 aromatic heterocycles. The average molecular weight is 422 g/mol. The molecule has 0 saturated heterocycles. The van der Waals surface area contributed by atoms with Crippen LogP contribution in [0.1, 0.15) is 37.0 Å². The van der Waals surface area contributed by atoms with Gasteiger partial charge >= 0.3 is 137 Å². The van der Waals surface area contributed by atoms with Crippen molar-refractivity contribution in [2.45, 2.75) is 0 Å². The van der Waals surface area contributed by atoms with Crippen LogP contribution >= 0.6 is 0 Å². The summed E-state index contributed by atoms with van der Waals surface area (Å²) in [5, 5.41) is 22.0. The Morgan fingerprint density at radius 2 is 1.29 bits per heavy atom. The number of aromatic carboxylic acids is 1. The molecular weight excluding hydrogens is 403 g/mol. The number of carbonyl (C=O) groups is 3. The summed E-state index contributed by atoms with van der Waals surface area (Å²) in [7, 11) is 5.20. The standard InChI is InChI=1S/C19H19BN6O5/c1-24-7-10(16(21)20-31)4-13(24)17(27)22-11-5-14(25(2)8-11)18(28)23-12-6-15(19(29)30)26(3)9-12/h4-9,21H,1-3H3,(H,22,27)(H,23,28)(H,29,30). The van der Waals surface area contributed by atoms with Gasteiger partial charge in [-0.3, -0.25) is 0 Å². The van der Waals surface area contributed by atoms with E-state index < -0.39 is 17.8 Å². The Hall–Kier alpha value is -4.22. The van der Waals surface area contributed by atoms with Crippen LogP contribution in [0.2, 0.25) is 0 Å². The smallest absolute Gasteiger partial charge is 0.352 e. The number of aromatic nitrogens is 3. The van der Waals surface area contributed by atoms with E-state index in [1.165, 1.54) is 44.3 Å². The average Bonchev–Trinajstić information content (AvgIpc) is 3.37. The van der Waals surface area contributed by atoms with Gasteiger partial charge in [0.25, 0.3) is 0 Å². The third-order valence-corrected chi connectivity index (χ3v) is 4.64. The predicted molar refractivity (Wildman–Crippen MR) is 112 cm³/mol. The number of carbonyl (C=O) groups excluding carboxylic acids is 2. The number of hydrogen-bond acceptors (Lipinski definition) is 5. The molecule has 0 aromatic carbocycles. The normalized spacial score (nSPS) is 10.4. The summed E-state index contributed by atoms with van der Waals surface area (Å²) in [6, 6.07) is 4.25. The molecule has 4 N–H and O–H groups in total. The molecule has 0 aliphatic carbocycles. The molecule has 0 saturated carbocycles. The first-order chi connectivity index (χ1) is 14.6. The quantitative estimate of drug-likeness (QED) is 0.334. The van der Waals surface area contributed by atoms with Crippen molar-refractivity contribution < 1.29 is 24.2 Å². The molecule has 0 unspecified atom stereocenters. The number of amides is 2. The summed E-state index contributed by atoms with van der Waals surface area (Å²) < 4.78 is 15.2. The van der Waals surface area contributed by atoms with E-state index in [9.17, 15) is 19.1 Å². The Labute approximate surface area is 177 Å². The molecule has 0 aliphatic heterocycles. The van der Waals surface area contributed by atoms with Crippen LogP contribution in [0.3, 0.4) is 0 Å². The zero-order valence-corrected chi connectivity index (χ0v) is 17.0. The second kappa shape index (κ2) is 8.26. The molecule has 2 amide bonds. The van der Waals surface area contributed by atoms with Crippen LogP contribution in [-0.4, -0.2) is 49.4 Å². The van der Waals surface area contributed by atoms with E-state index in [0.717, 1.165) is 0 Å². The topological polar surface area (TPSA) is 151 Å². The SMILES string of the molecule is Cn1cc(NC(=O)c2cc(NC(=O)c3cc(C(=N)B=O)cn3C)cn2C)cc1C(=O)O. The molecule has 31 heavy (non-hydrogen) atoms. The van der Waals surface area contributed by atoms with Crippen LogP contribution in [0, 0.1) is 5.41 Å². The Bertz CT molecular complexity index is 1230. The molecular formula is C19H19BN6O5. The molecule has 0 aliphatic rings. The van der Waals surface area contributed by atoms with Crippen molar-refractivity contribution >= 4 is 41.9 Å². The molecule has 3 heterocycles. The predicted octanol–water partition coefficient (Wildman–Crippen LogP) is 1.28. The molecule has 0 spiro atoms. The Morgan fingerprint density at radius 1 is 0.839 bits per heavy atom. The van der Waals surface area contributed by atoms with Crippen molar-refractivity contribution in [2.75, 3.05) is 10.6 Å². The Balaban J connectivity index is 1.75. The molecule has 3 rings (SSSR count). The van der Waals surface area contributed by atoms with Crippen LogP contribution in [0.15, 0.2) is 36.8 Å². The summed E-state index contributed by atoms with van der Waals surface area (Å²) in [6.07, 6.45) is 4.54. The monoisotopic (exact) mass is 422 g/mol. The van der Waals surface area contributed by atoms with Crippen molar-refractivity contribution in [1.29, 1.82) is 5.41 Å². The van der Waals surface area contributed by atoms with Crippen molar-refractivity contribution in [3.63, 3.8) is 0 Å². The van der Waals surface area contributed by atoms with Gasteiger partial charge in [0.2, 0.25) is 0 Å². The summed E-state index contributed by atoms with van der Waals surface area (Å²) >= 11 is 0. The third-order valence-electron chi connectivity index (χ3n) is 4.64. The number of carboxylic acid groups (broad SMARTS) is 1. The maximum Gasteiger partial charge on any atom is 0.352 e. The molecule has 158 valence electrons. The van der Waals surface area contributed by atoms with E-state index >= 15 is 0 Å². The fraction of sp³-hybridized carbons (Fsp3) is 0.158. The van der Waals surface area contributed by atoms with Crippen molar-refractivity contribution in [3.8, 4) is 0 Å². The van der Waals surface area contributed by atoms with E-state index in [0.29, 0.717) is 24.1 Å². The minimum atomic E-state index is -1.11. The van der Waals surface area contributed by atoms with Crippen molar-refractivity contribution in [3.05, 3.63) is 59.4 Å². The van der Waals surface area contributed by atoms with Gasteiger partial charge < -0.3 is 9.67 Å². The fourth-order valence-electron chi connectivity index (χ4n) is 3.10. The number of nitrogens with zero attached hydrogens (tertiary/aromatic N) is 3. The van der Waals surface area contributed by atoms with Crippen LogP contribution < -0.4 is 10.6 Å². The maximum atomic E-state index is 12.6. The number of nitrogens with one attached hydrogen (secondary N) is 3. The number of hydrogen-bond donors (Lipinski definition) is 4. The second-order valence-electron chi connectivity index (χ2n) is 6.92. The van der Waals surface area contributed by atoms with Gasteiger partial charge in [0.1, 0.15) is 5.69 Å². The van der Waals surface area contributed by atoms with E-state index in [1.807, 2.05) is 0 Å². The van der Waals surface area contributed by atoms with E-state index in [2.05, 4.69) is 10.6 Å². The first kappa shape index (κ1) is 21.5. The van der Waals surface area contributed by atoms with Crippen molar-refractivity contribution in [1.82, 2.24) is 13.7 Å².